The molecule has 2 aromatic rings. The molecule has 148 valence electrons. The Morgan fingerprint density at radius 2 is 1.72 bits per heavy atom. The second kappa shape index (κ2) is 7.70. The molecule has 0 radical (unpaired) electrons. The third kappa shape index (κ3) is 3.71. The summed E-state index contributed by atoms with van der Waals surface area (Å²) in [6.45, 7) is 5.17. The first-order valence-corrected chi connectivity index (χ1v) is 11.1. The zero-order chi connectivity index (χ0) is 19.8. The normalized spacial score (nSPS) is 21.0. The minimum Gasteiger partial charge on any atom is -0.260 e. The second-order valence-corrected chi connectivity index (χ2v) is 9.12. The van der Waals surface area contributed by atoms with Crippen molar-refractivity contribution in [2.45, 2.75) is 51.9 Å². The third-order valence-electron chi connectivity index (χ3n) is 6.48. The molecule has 2 heterocycles. The van der Waals surface area contributed by atoms with Gasteiger partial charge >= 0.3 is 0 Å². The minimum atomic E-state index is 0.510. The topological polar surface area (TPSA) is 37.1 Å². The summed E-state index contributed by atoms with van der Waals surface area (Å²) in [6.07, 6.45) is 8.72. The fourth-order valence-corrected chi connectivity index (χ4v) is 4.97. The SMILES string of the molecule is CC(C)Cc1ccc(C2=NC(c3ccc4c(c3)N=CC4C3CCCC3)=NC2)cc1. The molecular weight excluding hydrogens is 354 g/mol. The van der Waals surface area contributed by atoms with E-state index in [9.17, 15) is 0 Å². The van der Waals surface area contributed by atoms with Gasteiger partial charge in [0.15, 0.2) is 5.84 Å². The number of aliphatic imine (C=N–C) groups is 3. The molecule has 0 N–H and O–H groups in total. The molecule has 5 rings (SSSR count). The highest BCUT2D eigenvalue weighted by molar-refractivity contribution is 6.17. The van der Waals surface area contributed by atoms with E-state index >= 15 is 0 Å². The summed E-state index contributed by atoms with van der Waals surface area (Å²) in [4.78, 5) is 14.3. The Bertz CT molecular complexity index is 989. The van der Waals surface area contributed by atoms with Gasteiger partial charge in [0, 0.05) is 17.7 Å². The van der Waals surface area contributed by atoms with E-state index in [1.54, 1.807) is 0 Å². The van der Waals surface area contributed by atoms with Crippen LogP contribution in [0.4, 0.5) is 5.69 Å². The monoisotopic (exact) mass is 383 g/mol. The van der Waals surface area contributed by atoms with Crippen LogP contribution < -0.4 is 0 Å². The number of hydrogen-bond donors (Lipinski definition) is 0. The molecular formula is C26H29N3. The van der Waals surface area contributed by atoms with Crippen molar-refractivity contribution in [2.75, 3.05) is 6.54 Å². The number of hydrogen-bond acceptors (Lipinski definition) is 3. The summed E-state index contributed by atoms with van der Waals surface area (Å²) in [5.41, 5.74) is 7.21. The zero-order valence-corrected chi connectivity index (χ0v) is 17.4. The lowest BCUT2D eigenvalue weighted by molar-refractivity contribution is 0.523. The minimum absolute atomic E-state index is 0.510. The highest BCUT2D eigenvalue weighted by atomic mass is 15.0. The zero-order valence-electron chi connectivity index (χ0n) is 17.4. The summed E-state index contributed by atoms with van der Waals surface area (Å²) in [6, 6.07) is 15.5. The van der Waals surface area contributed by atoms with Crippen molar-refractivity contribution in [3.63, 3.8) is 0 Å². The first kappa shape index (κ1) is 18.5. The second-order valence-electron chi connectivity index (χ2n) is 9.12. The molecule has 0 aromatic heterocycles. The van der Waals surface area contributed by atoms with Crippen LogP contribution >= 0.6 is 0 Å². The number of nitrogens with zero attached hydrogens (tertiary/aromatic N) is 3. The Kier molecular flexibility index (Phi) is 4.91. The van der Waals surface area contributed by atoms with E-state index in [2.05, 4.69) is 62.5 Å². The molecule has 0 bridgehead atoms. The van der Waals surface area contributed by atoms with Crippen LogP contribution in [0.5, 0.6) is 0 Å². The van der Waals surface area contributed by atoms with Gasteiger partial charge in [0.2, 0.25) is 0 Å². The first-order valence-electron chi connectivity index (χ1n) is 11.1. The van der Waals surface area contributed by atoms with Crippen molar-refractivity contribution >= 4 is 23.4 Å². The van der Waals surface area contributed by atoms with Gasteiger partial charge in [0.25, 0.3) is 0 Å². The molecule has 1 fully saturated rings. The molecule has 3 nitrogen and oxygen atoms in total. The fraction of sp³-hybridized carbons (Fsp3) is 0.423. The van der Waals surface area contributed by atoms with Crippen molar-refractivity contribution in [2.24, 2.45) is 26.8 Å². The van der Waals surface area contributed by atoms with E-state index in [0.29, 0.717) is 18.4 Å². The molecule has 2 aliphatic heterocycles. The Hall–Kier alpha value is -2.55. The summed E-state index contributed by atoms with van der Waals surface area (Å²) < 4.78 is 0. The van der Waals surface area contributed by atoms with Crippen LogP contribution in [0.1, 0.15) is 67.7 Å². The summed E-state index contributed by atoms with van der Waals surface area (Å²) in [5, 5.41) is 0. The molecule has 3 heteroatoms. The highest BCUT2D eigenvalue weighted by Gasteiger charge is 2.30. The molecule has 1 saturated carbocycles. The van der Waals surface area contributed by atoms with Crippen molar-refractivity contribution in [3.8, 4) is 0 Å². The average molecular weight is 384 g/mol. The van der Waals surface area contributed by atoms with Crippen LogP contribution in [-0.2, 0) is 6.42 Å². The molecule has 0 saturated heterocycles. The van der Waals surface area contributed by atoms with Crippen LogP contribution in [0, 0.1) is 11.8 Å². The largest absolute Gasteiger partial charge is 0.260 e. The molecule has 1 unspecified atom stereocenters. The van der Waals surface area contributed by atoms with Gasteiger partial charge in [-0.25, -0.2) is 4.99 Å². The summed E-state index contributed by atoms with van der Waals surface area (Å²) >= 11 is 0. The van der Waals surface area contributed by atoms with E-state index < -0.39 is 0 Å². The molecule has 29 heavy (non-hydrogen) atoms. The summed E-state index contributed by atoms with van der Waals surface area (Å²) in [5.74, 6) is 2.80. The Morgan fingerprint density at radius 3 is 2.48 bits per heavy atom. The smallest absolute Gasteiger partial charge is 0.155 e. The van der Waals surface area contributed by atoms with Crippen molar-refractivity contribution in [3.05, 3.63) is 64.7 Å². The van der Waals surface area contributed by atoms with Crippen molar-refractivity contribution < 1.29 is 0 Å². The van der Waals surface area contributed by atoms with E-state index in [4.69, 9.17) is 15.0 Å². The lowest BCUT2D eigenvalue weighted by Gasteiger charge is -2.16. The maximum absolute atomic E-state index is 4.86. The van der Waals surface area contributed by atoms with Crippen molar-refractivity contribution in [1.82, 2.24) is 0 Å². The Balaban J connectivity index is 1.33. The molecule has 1 atom stereocenters. The fourth-order valence-electron chi connectivity index (χ4n) is 4.97. The van der Waals surface area contributed by atoms with Gasteiger partial charge in [-0.1, -0.05) is 63.1 Å². The molecule has 0 amide bonds. The predicted octanol–water partition coefficient (Wildman–Crippen LogP) is 6.12. The van der Waals surface area contributed by atoms with E-state index in [1.165, 1.54) is 42.4 Å². The standard InChI is InChI=1S/C26H29N3/c1-17(2)13-18-7-9-20(10-8-18)25-16-28-26(29-25)21-11-12-22-23(15-27-24(22)14-21)19-5-3-4-6-19/h7-12,14-15,17,19,23H,3-6,13,16H2,1-2H3. The Morgan fingerprint density at radius 1 is 0.966 bits per heavy atom. The van der Waals surface area contributed by atoms with Gasteiger partial charge in [-0.05, 0) is 53.9 Å². The molecule has 0 spiro atoms. The lowest BCUT2D eigenvalue weighted by atomic mass is 9.86. The van der Waals surface area contributed by atoms with Gasteiger partial charge in [0.05, 0.1) is 17.9 Å². The molecule has 1 aliphatic carbocycles. The Labute approximate surface area is 173 Å². The van der Waals surface area contributed by atoms with Crippen LogP contribution in [0.25, 0.3) is 0 Å². The summed E-state index contributed by atoms with van der Waals surface area (Å²) in [7, 11) is 0. The first-order chi connectivity index (χ1) is 14.2. The van der Waals surface area contributed by atoms with Gasteiger partial charge in [0.1, 0.15) is 0 Å². The van der Waals surface area contributed by atoms with Crippen LogP contribution in [0.2, 0.25) is 0 Å². The van der Waals surface area contributed by atoms with Crippen LogP contribution in [0.3, 0.4) is 0 Å². The lowest BCUT2D eigenvalue weighted by Crippen LogP contribution is -2.08. The number of amidine groups is 1. The van der Waals surface area contributed by atoms with E-state index in [1.807, 2.05) is 0 Å². The van der Waals surface area contributed by atoms with Crippen LogP contribution in [-0.4, -0.2) is 24.3 Å². The van der Waals surface area contributed by atoms with Gasteiger partial charge in [-0.15, -0.1) is 0 Å². The highest BCUT2D eigenvalue weighted by Crippen LogP contribution is 2.43. The van der Waals surface area contributed by atoms with E-state index in [-0.39, 0.29) is 0 Å². The maximum atomic E-state index is 4.86. The van der Waals surface area contributed by atoms with E-state index in [0.717, 1.165) is 35.1 Å². The third-order valence-corrected chi connectivity index (χ3v) is 6.48. The van der Waals surface area contributed by atoms with Gasteiger partial charge in [-0.2, -0.15) is 0 Å². The maximum Gasteiger partial charge on any atom is 0.155 e. The molecule has 2 aromatic carbocycles. The van der Waals surface area contributed by atoms with Gasteiger partial charge in [-0.3, -0.25) is 9.98 Å². The van der Waals surface area contributed by atoms with Crippen molar-refractivity contribution in [1.29, 1.82) is 0 Å². The predicted molar refractivity (Wildman–Crippen MR) is 122 cm³/mol. The van der Waals surface area contributed by atoms with Gasteiger partial charge < -0.3 is 0 Å². The average Bonchev–Trinajstić information content (AvgIpc) is 3.47. The molecule has 3 aliphatic rings. The quantitative estimate of drug-likeness (QED) is 0.596. The van der Waals surface area contributed by atoms with Crippen LogP contribution in [0.15, 0.2) is 57.4 Å². The number of benzene rings is 2. The number of fused-ring (bicyclic) bond motifs is 1. The number of rotatable bonds is 5.